The molecule has 1 aromatic carbocycles. The summed E-state index contributed by atoms with van der Waals surface area (Å²) in [5.41, 5.74) is 1.37. The van der Waals surface area contributed by atoms with Crippen molar-refractivity contribution in [2.45, 2.75) is 71.8 Å². The quantitative estimate of drug-likeness (QED) is 0.615. The van der Waals surface area contributed by atoms with Crippen molar-refractivity contribution in [3.8, 4) is 5.75 Å². The van der Waals surface area contributed by atoms with Gasteiger partial charge in [-0.3, -0.25) is 0 Å². The van der Waals surface area contributed by atoms with Crippen LogP contribution in [0.25, 0.3) is 0 Å². The van der Waals surface area contributed by atoms with Gasteiger partial charge in [-0.25, -0.2) is 0 Å². The van der Waals surface area contributed by atoms with Crippen LogP contribution in [0.2, 0.25) is 0 Å². The van der Waals surface area contributed by atoms with Gasteiger partial charge in [0.1, 0.15) is 11.4 Å². The van der Waals surface area contributed by atoms with Gasteiger partial charge in [-0.2, -0.15) is 0 Å². The summed E-state index contributed by atoms with van der Waals surface area (Å²) in [7, 11) is 0. The van der Waals surface area contributed by atoms with Gasteiger partial charge in [-0.05, 0) is 56.7 Å². The Bertz CT molecular complexity index is 337. The zero-order valence-electron chi connectivity index (χ0n) is 12.6. The SMILES string of the molecule is CCCC(CC)c1ccc(OC(C)(C)CC)cc1. The molecule has 18 heavy (non-hydrogen) atoms. The summed E-state index contributed by atoms with van der Waals surface area (Å²) in [6.07, 6.45) is 4.76. The summed E-state index contributed by atoms with van der Waals surface area (Å²) in [6.45, 7) is 10.9. The third kappa shape index (κ3) is 4.36. The Hall–Kier alpha value is -0.980. The number of benzene rings is 1. The zero-order chi connectivity index (χ0) is 13.6. The third-order valence-corrected chi connectivity index (χ3v) is 3.73. The molecule has 1 atom stereocenters. The van der Waals surface area contributed by atoms with E-state index in [2.05, 4.69) is 58.9 Å². The normalized spacial score (nSPS) is 13.4. The molecule has 0 saturated carbocycles. The molecule has 1 rings (SSSR count). The second kappa shape index (κ2) is 6.82. The van der Waals surface area contributed by atoms with Crippen LogP contribution >= 0.6 is 0 Å². The van der Waals surface area contributed by atoms with Crippen LogP contribution in [0.4, 0.5) is 0 Å². The molecular weight excluding hydrogens is 220 g/mol. The van der Waals surface area contributed by atoms with Gasteiger partial charge >= 0.3 is 0 Å². The molecule has 0 radical (unpaired) electrons. The third-order valence-electron chi connectivity index (χ3n) is 3.73. The van der Waals surface area contributed by atoms with E-state index in [1.54, 1.807) is 0 Å². The van der Waals surface area contributed by atoms with Crippen LogP contribution in [-0.4, -0.2) is 5.60 Å². The van der Waals surface area contributed by atoms with Crippen LogP contribution in [0.1, 0.15) is 71.8 Å². The Labute approximate surface area is 113 Å². The van der Waals surface area contributed by atoms with Gasteiger partial charge in [0.15, 0.2) is 0 Å². The Balaban J connectivity index is 2.73. The fourth-order valence-electron chi connectivity index (χ4n) is 2.15. The second-order valence-electron chi connectivity index (χ2n) is 5.68. The first-order valence-corrected chi connectivity index (χ1v) is 7.31. The molecule has 0 bridgehead atoms. The highest BCUT2D eigenvalue weighted by molar-refractivity contribution is 5.29. The lowest BCUT2D eigenvalue weighted by atomic mass is 9.92. The van der Waals surface area contributed by atoms with Crippen molar-refractivity contribution < 1.29 is 4.74 Å². The molecule has 0 amide bonds. The summed E-state index contributed by atoms with van der Waals surface area (Å²) < 4.78 is 5.98. The van der Waals surface area contributed by atoms with Crippen molar-refractivity contribution in [3.63, 3.8) is 0 Å². The molecule has 1 unspecified atom stereocenters. The minimum Gasteiger partial charge on any atom is -0.488 e. The highest BCUT2D eigenvalue weighted by atomic mass is 16.5. The van der Waals surface area contributed by atoms with E-state index in [-0.39, 0.29) is 5.60 Å². The Morgan fingerprint density at radius 3 is 2.11 bits per heavy atom. The molecule has 1 nitrogen and oxygen atoms in total. The molecule has 0 heterocycles. The standard InChI is InChI=1S/C17H28O/c1-6-9-14(7-2)15-10-12-16(13-11-15)18-17(4,5)8-3/h10-14H,6-9H2,1-5H3. The molecule has 0 fully saturated rings. The van der Waals surface area contributed by atoms with Crippen molar-refractivity contribution in [2.24, 2.45) is 0 Å². The number of rotatable bonds is 7. The largest absolute Gasteiger partial charge is 0.488 e. The van der Waals surface area contributed by atoms with E-state index < -0.39 is 0 Å². The first-order valence-electron chi connectivity index (χ1n) is 7.31. The molecular formula is C17H28O. The Kier molecular flexibility index (Phi) is 5.71. The number of hydrogen-bond donors (Lipinski definition) is 0. The fraction of sp³-hybridized carbons (Fsp3) is 0.647. The maximum atomic E-state index is 5.98. The van der Waals surface area contributed by atoms with Gasteiger partial charge in [-0.1, -0.05) is 39.3 Å². The Morgan fingerprint density at radius 1 is 1.06 bits per heavy atom. The van der Waals surface area contributed by atoms with Crippen molar-refractivity contribution in [1.82, 2.24) is 0 Å². The molecule has 0 aromatic heterocycles. The fourth-order valence-corrected chi connectivity index (χ4v) is 2.15. The van der Waals surface area contributed by atoms with E-state index in [1.165, 1.54) is 24.8 Å². The predicted octanol–water partition coefficient (Wildman–Crippen LogP) is 5.55. The molecule has 0 aliphatic rings. The van der Waals surface area contributed by atoms with Gasteiger partial charge in [0.2, 0.25) is 0 Å². The smallest absolute Gasteiger partial charge is 0.120 e. The van der Waals surface area contributed by atoms with Gasteiger partial charge < -0.3 is 4.74 Å². The maximum Gasteiger partial charge on any atom is 0.120 e. The van der Waals surface area contributed by atoms with Crippen molar-refractivity contribution in [1.29, 1.82) is 0 Å². The molecule has 0 N–H and O–H groups in total. The molecule has 0 aliphatic heterocycles. The van der Waals surface area contributed by atoms with Crippen molar-refractivity contribution >= 4 is 0 Å². The van der Waals surface area contributed by atoms with Crippen LogP contribution in [0.3, 0.4) is 0 Å². The average molecular weight is 248 g/mol. The molecule has 1 aromatic rings. The van der Waals surface area contributed by atoms with Crippen LogP contribution in [0.5, 0.6) is 5.75 Å². The average Bonchev–Trinajstić information content (AvgIpc) is 2.37. The molecule has 0 aliphatic carbocycles. The topological polar surface area (TPSA) is 9.23 Å². The van der Waals surface area contributed by atoms with Gasteiger partial charge in [0.05, 0.1) is 0 Å². The van der Waals surface area contributed by atoms with E-state index in [0.717, 1.165) is 12.2 Å². The first-order chi connectivity index (χ1) is 8.52. The van der Waals surface area contributed by atoms with Crippen LogP contribution < -0.4 is 4.74 Å². The van der Waals surface area contributed by atoms with Crippen LogP contribution in [0.15, 0.2) is 24.3 Å². The van der Waals surface area contributed by atoms with Crippen molar-refractivity contribution in [2.75, 3.05) is 0 Å². The highest BCUT2D eigenvalue weighted by Gasteiger charge is 2.17. The van der Waals surface area contributed by atoms with Crippen LogP contribution in [-0.2, 0) is 0 Å². The first kappa shape index (κ1) is 15.1. The summed E-state index contributed by atoms with van der Waals surface area (Å²) in [5, 5.41) is 0. The van der Waals surface area contributed by atoms with E-state index in [4.69, 9.17) is 4.74 Å². The molecule has 0 spiro atoms. The van der Waals surface area contributed by atoms with E-state index in [1.807, 2.05) is 0 Å². The highest BCUT2D eigenvalue weighted by Crippen LogP contribution is 2.28. The summed E-state index contributed by atoms with van der Waals surface area (Å²) in [4.78, 5) is 0. The lowest BCUT2D eigenvalue weighted by Crippen LogP contribution is -2.26. The number of hydrogen-bond acceptors (Lipinski definition) is 1. The monoisotopic (exact) mass is 248 g/mol. The molecule has 102 valence electrons. The lowest BCUT2D eigenvalue weighted by molar-refractivity contribution is 0.105. The number of ether oxygens (including phenoxy) is 1. The Morgan fingerprint density at radius 2 is 1.67 bits per heavy atom. The minimum absolute atomic E-state index is 0.0743. The zero-order valence-corrected chi connectivity index (χ0v) is 12.6. The summed E-state index contributed by atoms with van der Waals surface area (Å²) in [6, 6.07) is 8.69. The maximum absolute atomic E-state index is 5.98. The minimum atomic E-state index is -0.0743. The summed E-state index contributed by atoms with van der Waals surface area (Å²) in [5.74, 6) is 1.68. The van der Waals surface area contributed by atoms with E-state index in [0.29, 0.717) is 5.92 Å². The molecule has 1 heteroatoms. The predicted molar refractivity (Wildman–Crippen MR) is 79.4 cm³/mol. The second-order valence-corrected chi connectivity index (χ2v) is 5.68. The molecule has 0 saturated heterocycles. The van der Waals surface area contributed by atoms with Gasteiger partial charge in [0.25, 0.3) is 0 Å². The van der Waals surface area contributed by atoms with Crippen LogP contribution in [0, 0.1) is 0 Å². The lowest BCUT2D eigenvalue weighted by Gasteiger charge is -2.25. The van der Waals surface area contributed by atoms with Gasteiger partial charge in [-0.15, -0.1) is 0 Å². The summed E-state index contributed by atoms with van der Waals surface area (Å²) >= 11 is 0. The van der Waals surface area contributed by atoms with Gasteiger partial charge in [0, 0.05) is 0 Å². The van der Waals surface area contributed by atoms with E-state index >= 15 is 0 Å². The van der Waals surface area contributed by atoms with E-state index in [9.17, 15) is 0 Å². The van der Waals surface area contributed by atoms with Crippen molar-refractivity contribution in [3.05, 3.63) is 29.8 Å².